The molecule has 1 atom stereocenters. The van der Waals surface area contributed by atoms with E-state index >= 15 is 0 Å². The van der Waals surface area contributed by atoms with Gasteiger partial charge in [-0.2, -0.15) is 0 Å². The van der Waals surface area contributed by atoms with Gasteiger partial charge < -0.3 is 10.4 Å². The van der Waals surface area contributed by atoms with Gasteiger partial charge in [0.25, 0.3) is 0 Å². The Morgan fingerprint density at radius 2 is 1.30 bits per heavy atom. The molecule has 1 heterocycles. The zero-order chi connectivity index (χ0) is 30.4. The number of likely N-dealkylation sites (tertiary alicyclic amines) is 1. The molecule has 0 bridgehead atoms. The highest BCUT2D eigenvalue weighted by molar-refractivity contribution is 5.84. The second-order valence-electron chi connectivity index (χ2n) is 12.4. The van der Waals surface area contributed by atoms with Gasteiger partial charge in [-0.15, -0.1) is 0 Å². The molecule has 2 N–H and O–H groups in total. The largest absolute Gasteiger partial charge is 0.481 e. The van der Waals surface area contributed by atoms with E-state index in [-0.39, 0.29) is 12.5 Å². The topological polar surface area (TPSA) is 72.9 Å². The highest BCUT2D eigenvalue weighted by Gasteiger charge is 2.27. The summed E-state index contributed by atoms with van der Waals surface area (Å²) in [5.41, 5.74) is 2.74. The molecule has 1 aliphatic heterocycles. The van der Waals surface area contributed by atoms with Gasteiger partial charge in [-0.25, -0.2) is 0 Å². The maximum atomic E-state index is 13.0. The molecule has 0 spiro atoms. The molecule has 6 heteroatoms. The van der Waals surface area contributed by atoms with Crippen molar-refractivity contribution in [3.05, 3.63) is 71.8 Å². The summed E-state index contributed by atoms with van der Waals surface area (Å²) in [4.78, 5) is 28.6. The summed E-state index contributed by atoms with van der Waals surface area (Å²) in [6.45, 7) is 7.20. The Bertz CT molecular complexity index is 959. The standard InChI is InChI=1S/C37H57N3O3/c41-36(24-12-4-2-1-3-5-13-25-37(42)43)35-23-14-16-29-40(35)30-18-27-38-26-15-17-28-39(31-33-19-8-6-9-20-33)32-34-21-10-7-11-22-34/h6-11,19-22,35,38H,1-5,12-18,23-32H2,(H,42,43). The van der Waals surface area contributed by atoms with Crippen molar-refractivity contribution < 1.29 is 14.7 Å². The number of carbonyl (C=O) groups is 2. The second kappa shape index (κ2) is 22.0. The Morgan fingerprint density at radius 1 is 0.721 bits per heavy atom. The van der Waals surface area contributed by atoms with Gasteiger partial charge >= 0.3 is 5.97 Å². The van der Waals surface area contributed by atoms with E-state index in [0.717, 1.165) is 104 Å². The van der Waals surface area contributed by atoms with Crippen LogP contribution in [0, 0.1) is 0 Å². The highest BCUT2D eigenvalue weighted by Crippen LogP contribution is 2.20. The average Bonchev–Trinajstić information content (AvgIpc) is 3.02. The summed E-state index contributed by atoms with van der Waals surface area (Å²) in [5, 5.41) is 12.4. The SMILES string of the molecule is O=C(O)CCCCCCCCCC(=O)C1CCCCN1CCCNCCCCN(Cc1ccccc1)Cc1ccccc1. The number of piperidine rings is 1. The van der Waals surface area contributed by atoms with Crippen LogP contribution in [0.25, 0.3) is 0 Å². The molecule has 1 aliphatic rings. The van der Waals surface area contributed by atoms with E-state index < -0.39 is 5.97 Å². The first-order chi connectivity index (χ1) is 21.1. The molecule has 238 valence electrons. The first-order valence-electron chi connectivity index (χ1n) is 17.1. The first kappa shape index (κ1) is 34.9. The van der Waals surface area contributed by atoms with Crippen LogP contribution in [0.15, 0.2) is 60.7 Å². The van der Waals surface area contributed by atoms with Crippen molar-refractivity contribution in [2.75, 3.05) is 32.7 Å². The molecule has 0 saturated carbocycles. The van der Waals surface area contributed by atoms with Gasteiger partial charge in [0.2, 0.25) is 0 Å². The number of carboxylic acids is 1. The summed E-state index contributed by atoms with van der Waals surface area (Å²) in [6, 6.07) is 21.7. The van der Waals surface area contributed by atoms with E-state index in [0.29, 0.717) is 12.2 Å². The van der Waals surface area contributed by atoms with Gasteiger partial charge in [0.15, 0.2) is 0 Å². The van der Waals surface area contributed by atoms with E-state index in [1.165, 1.54) is 36.8 Å². The lowest BCUT2D eigenvalue weighted by Crippen LogP contribution is -2.45. The Hall–Kier alpha value is -2.54. The van der Waals surface area contributed by atoms with Crippen LogP contribution in [0.1, 0.15) is 107 Å². The van der Waals surface area contributed by atoms with Gasteiger partial charge in [-0.05, 0) is 82.3 Å². The normalized spacial score (nSPS) is 15.6. The maximum Gasteiger partial charge on any atom is 0.303 e. The highest BCUT2D eigenvalue weighted by atomic mass is 16.4. The number of hydrogen-bond donors (Lipinski definition) is 2. The van der Waals surface area contributed by atoms with Crippen LogP contribution in [-0.2, 0) is 22.7 Å². The fourth-order valence-electron chi connectivity index (χ4n) is 6.26. The van der Waals surface area contributed by atoms with Gasteiger partial charge in [0.05, 0.1) is 6.04 Å². The second-order valence-corrected chi connectivity index (χ2v) is 12.4. The number of benzene rings is 2. The van der Waals surface area contributed by atoms with Crippen molar-refractivity contribution in [2.24, 2.45) is 0 Å². The van der Waals surface area contributed by atoms with Crippen LogP contribution in [-0.4, -0.2) is 65.4 Å². The summed E-state index contributed by atoms with van der Waals surface area (Å²) in [5.74, 6) is -0.247. The van der Waals surface area contributed by atoms with Crippen molar-refractivity contribution in [3.8, 4) is 0 Å². The Labute approximate surface area is 261 Å². The minimum atomic E-state index is -0.696. The third-order valence-electron chi connectivity index (χ3n) is 8.67. The molecule has 2 aromatic rings. The predicted molar refractivity (Wildman–Crippen MR) is 177 cm³/mol. The smallest absolute Gasteiger partial charge is 0.303 e. The maximum absolute atomic E-state index is 13.0. The number of Topliss-reactive ketones (excluding diaryl/α,β-unsaturated/α-hetero) is 1. The lowest BCUT2D eigenvalue weighted by molar-refractivity contribution is -0.137. The van der Waals surface area contributed by atoms with Gasteiger partial charge in [-0.1, -0.05) is 99.2 Å². The Kier molecular flexibility index (Phi) is 17.9. The molecular formula is C37H57N3O3. The number of rotatable bonds is 24. The lowest BCUT2D eigenvalue weighted by Gasteiger charge is -2.34. The van der Waals surface area contributed by atoms with Crippen molar-refractivity contribution in [2.45, 2.75) is 115 Å². The molecule has 6 nitrogen and oxygen atoms in total. The minimum absolute atomic E-state index is 0.130. The Balaban J connectivity index is 1.24. The first-order valence-corrected chi connectivity index (χ1v) is 17.1. The molecule has 0 radical (unpaired) electrons. The summed E-state index contributed by atoms with van der Waals surface area (Å²) in [7, 11) is 0. The number of nitrogens with zero attached hydrogens (tertiary/aromatic N) is 2. The molecule has 2 aromatic carbocycles. The van der Waals surface area contributed by atoms with Crippen molar-refractivity contribution >= 4 is 11.8 Å². The molecule has 1 unspecified atom stereocenters. The van der Waals surface area contributed by atoms with Crippen LogP contribution >= 0.6 is 0 Å². The van der Waals surface area contributed by atoms with E-state index in [1.807, 2.05) is 0 Å². The Morgan fingerprint density at radius 3 is 1.93 bits per heavy atom. The van der Waals surface area contributed by atoms with Crippen molar-refractivity contribution in [1.29, 1.82) is 0 Å². The monoisotopic (exact) mass is 591 g/mol. The summed E-state index contributed by atoms with van der Waals surface area (Å²) >= 11 is 0. The molecule has 0 aromatic heterocycles. The van der Waals surface area contributed by atoms with Gasteiger partial charge in [-0.3, -0.25) is 19.4 Å². The molecule has 1 saturated heterocycles. The zero-order valence-electron chi connectivity index (χ0n) is 26.6. The van der Waals surface area contributed by atoms with Crippen LogP contribution in [0.5, 0.6) is 0 Å². The van der Waals surface area contributed by atoms with Crippen LogP contribution in [0.2, 0.25) is 0 Å². The number of hydrogen-bond acceptors (Lipinski definition) is 5. The molecule has 3 rings (SSSR count). The fraction of sp³-hybridized carbons (Fsp3) is 0.622. The minimum Gasteiger partial charge on any atom is -0.481 e. The number of unbranched alkanes of at least 4 members (excludes halogenated alkanes) is 7. The molecule has 1 fully saturated rings. The summed E-state index contributed by atoms with van der Waals surface area (Å²) in [6.07, 6.45) is 15.1. The van der Waals surface area contributed by atoms with E-state index in [9.17, 15) is 9.59 Å². The number of nitrogens with one attached hydrogen (secondary N) is 1. The van der Waals surface area contributed by atoms with Gasteiger partial charge in [0.1, 0.15) is 5.78 Å². The predicted octanol–water partition coefficient (Wildman–Crippen LogP) is 7.47. The van der Waals surface area contributed by atoms with Crippen molar-refractivity contribution in [3.63, 3.8) is 0 Å². The van der Waals surface area contributed by atoms with E-state index in [1.54, 1.807) is 0 Å². The molecule has 43 heavy (non-hydrogen) atoms. The fourth-order valence-corrected chi connectivity index (χ4v) is 6.26. The number of carboxylic acid groups (broad SMARTS) is 1. The quantitative estimate of drug-likeness (QED) is 0.123. The number of ketones is 1. The number of carbonyl (C=O) groups excluding carboxylic acids is 1. The van der Waals surface area contributed by atoms with E-state index in [4.69, 9.17) is 5.11 Å². The van der Waals surface area contributed by atoms with Crippen LogP contribution < -0.4 is 5.32 Å². The number of aliphatic carboxylic acids is 1. The van der Waals surface area contributed by atoms with Crippen LogP contribution in [0.4, 0.5) is 0 Å². The van der Waals surface area contributed by atoms with Gasteiger partial charge in [0, 0.05) is 32.5 Å². The molecule has 0 amide bonds. The molecular weight excluding hydrogens is 534 g/mol. The third-order valence-corrected chi connectivity index (χ3v) is 8.67. The zero-order valence-corrected chi connectivity index (χ0v) is 26.6. The third kappa shape index (κ3) is 15.7. The average molecular weight is 592 g/mol. The van der Waals surface area contributed by atoms with E-state index in [2.05, 4.69) is 75.8 Å². The summed E-state index contributed by atoms with van der Waals surface area (Å²) < 4.78 is 0. The van der Waals surface area contributed by atoms with Crippen molar-refractivity contribution in [1.82, 2.24) is 15.1 Å². The molecule has 0 aliphatic carbocycles. The lowest BCUT2D eigenvalue weighted by atomic mass is 9.95. The van der Waals surface area contributed by atoms with Crippen LogP contribution in [0.3, 0.4) is 0 Å².